The Balaban J connectivity index is 2.40. The molecule has 1 aliphatic heterocycles. The molecule has 1 fully saturated rings. The van der Waals surface area contributed by atoms with E-state index in [4.69, 9.17) is 0 Å². The predicted octanol–water partition coefficient (Wildman–Crippen LogP) is -0.656. The molecule has 0 amide bonds. The van der Waals surface area contributed by atoms with Crippen LogP contribution in [0.4, 0.5) is 0 Å². The van der Waals surface area contributed by atoms with Gasteiger partial charge in [0, 0.05) is 0 Å². The molecule has 0 aromatic rings. The summed E-state index contributed by atoms with van der Waals surface area (Å²) in [6, 6.07) is 0. The maximum atomic E-state index is 10.2. The molecule has 3 nitrogen and oxygen atoms in total. The highest BCUT2D eigenvalue weighted by Gasteiger charge is 2.21. The lowest BCUT2D eigenvalue weighted by Crippen LogP contribution is -2.00. The maximum Gasteiger partial charge on any atom is 0.221 e. The van der Waals surface area contributed by atoms with Crippen LogP contribution < -0.4 is 0 Å². The van der Waals surface area contributed by atoms with Gasteiger partial charge in [-0.25, -0.2) is 8.39 Å². The zero-order valence-corrected chi connectivity index (χ0v) is 5.09. The van der Waals surface area contributed by atoms with Gasteiger partial charge in [-0.3, -0.25) is 0 Å². The van der Waals surface area contributed by atoms with Gasteiger partial charge in [-0.1, -0.05) is 0 Å². The van der Waals surface area contributed by atoms with E-state index in [9.17, 15) is 8.76 Å². The summed E-state index contributed by atoms with van der Waals surface area (Å²) in [5.41, 5.74) is 0. The zero-order valence-electron chi connectivity index (χ0n) is 3.46. The van der Waals surface area contributed by atoms with Gasteiger partial charge >= 0.3 is 0 Å². The van der Waals surface area contributed by atoms with Gasteiger partial charge in [0.1, 0.15) is 0 Å². The lowest BCUT2D eigenvalue weighted by Gasteiger charge is -1.91. The number of hydrogen-bond donors (Lipinski definition) is 0. The Kier molecular flexibility index (Phi) is 1.69. The molecule has 0 aliphatic carbocycles. The van der Waals surface area contributed by atoms with Crippen LogP contribution in [-0.2, 0) is 26.4 Å². The van der Waals surface area contributed by atoms with Crippen LogP contribution in [-0.4, -0.2) is 19.8 Å². The van der Waals surface area contributed by atoms with Crippen molar-refractivity contribution in [3.63, 3.8) is 0 Å². The second kappa shape index (κ2) is 2.13. The molecule has 42 valence electrons. The topological polar surface area (TPSA) is 49.4 Å². The summed E-state index contributed by atoms with van der Waals surface area (Å²) in [4.78, 5) is 0. The van der Waals surface area contributed by atoms with Gasteiger partial charge in [0.2, 0.25) is 22.1 Å². The van der Waals surface area contributed by atoms with Crippen molar-refractivity contribution >= 4 is 22.3 Å². The molecule has 1 heterocycles. The third-order valence-corrected chi connectivity index (χ3v) is 3.27. The van der Waals surface area contributed by atoms with E-state index in [0.717, 1.165) is 0 Å². The van der Waals surface area contributed by atoms with Crippen molar-refractivity contribution in [3.8, 4) is 0 Å². The normalized spacial score (nSPS) is 41.9. The minimum Gasteiger partial charge on any atom is -0.614 e. The van der Waals surface area contributed by atoms with E-state index in [1.807, 2.05) is 0 Å². The molecule has 0 aromatic carbocycles. The molecule has 0 bridgehead atoms. The standard InChI is InChI=1S/C2H4O3S2/c3-6-1-5-7(4)2-6/h1-2H2. The summed E-state index contributed by atoms with van der Waals surface area (Å²) in [6.07, 6.45) is 0. The summed E-state index contributed by atoms with van der Waals surface area (Å²) in [7, 11) is 0. The van der Waals surface area contributed by atoms with Gasteiger partial charge in [-0.2, -0.15) is 0 Å². The monoisotopic (exact) mass is 140 g/mol. The van der Waals surface area contributed by atoms with Crippen molar-refractivity contribution in [3.05, 3.63) is 0 Å². The summed E-state index contributed by atoms with van der Waals surface area (Å²) >= 11 is -2.23. The largest absolute Gasteiger partial charge is 0.614 e. The minimum absolute atomic E-state index is 0.145. The van der Waals surface area contributed by atoms with Crippen molar-refractivity contribution in [2.24, 2.45) is 0 Å². The fourth-order valence-electron chi connectivity index (χ4n) is 0.283. The summed E-state index contributed by atoms with van der Waals surface area (Å²) in [5, 5.41) is 0.194. The molecule has 1 aliphatic rings. The number of rotatable bonds is 0. The maximum absolute atomic E-state index is 10.2. The van der Waals surface area contributed by atoms with Crippen molar-refractivity contribution in [2.75, 3.05) is 11.0 Å². The second-order valence-electron chi connectivity index (χ2n) is 1.10. The van der Waals surface area contributed by atoms with E-state index < -0.39 is 22.3 Å². The number of hydrogen-bond acceptors (Lipinski definition) is 3. The minimum atomic E-state index is -1.25. The van der Waals surface area contributed by atoms with Gasteiger partial charge in [0.05, 0.1) is 0 Å². The fourth-order valence-corrected chi connectivity index (χ4v) is 2.54. The first-order valence-corrected chi connectivity index (χ1v) is 4.39. The highest BCUT2D eigenvalue weighted by Crippen LogP contribution is 2.05. The molecule has 2 atom stereocenters. The molecule has 1 saturated heterocycles. The molecule has 2 unspecified atom stereocenters. The van der Waals surface area contributed by atoms with Crippen LogP contribution in [0.5, 0.6) is 0 Å². The van der Waals surface area contributed by atoms with E-state index in [2.05, 4.69) is 4.18 Å². The third-order valence-electron chi connectivity index (χ3n) is 0.539. The average Bonchev–Trinajstić information content (AvgIpc) is 1.87. The fraction of sp³-hybridized carbons (Fsp3) is 1.00. The Morgan fingerprint density at radius 2 is 2.57 bits per heavy atom. The van der Waals surface area contributed by atoms with Crippen LogP contribution in [0.3, 0.4) is 0 Å². The van der Waals surface area contributed by atoms with Crippen molar-refractivity contribution in [1.82, 2.24) is 0 Å². The van der Waals surface area contributed by atoms with E-state index in [-0.39, 0.29) is 11.0 Å². The highest BCUT2D eigenvalue weighted by atomic mass is 32.3. The van der Waals surface area contributed by atoms with Gasteiger partial charge in [0.25, 0.3) is 0 Å². The molecule has 0 spiro atoms. The van der Waals surface area contributed by atoms with Gasteiger partial charge in [0.15, 0.2) is 0 Å². The van der Waals surface area contributed by atoms with Crippen LogP contribution in [0.2, 0.25) is 0 Å². The Hall–Kier alpha value is 0.420. The van der Waals surface area contributed by atoms with E-state index in [1.165, 1.54) is 0 Å². The lowest BCUT2D eigenvalue weighted by atomic mass is 11.7. The first kappa shape index (κ1) is 5.55. The lowest BCUT2D eigenvalue weighted by molar-refractivity contribution is 0.423. The van der Waals surface area contributed by atoms with Crippen molar-refractivity contribution < 1.29 is 12.9 Å². The zero-order chi connectivity index (χ0) is 5.28. The van der Waals surface area contributed by atoms with Gasteiger partial charge in [-0.15, -0.1) is 0 Å². The smallest absolute Gasteiger partial charge is 0.221 e. The first-order chi connectivity index (χ1) is 3.29. The molecular weight excluding hydrogens is 136 g/mol. The van der Waals surface area contributed by atoms with Gasteiger partial charge in [-0.05, 0) is 11.2 Å². The highest BCUT2D eigenvalue weighted by molar-refractivity contribution is 8.05. The van der Waals surface area contributed by atoms with Crippen molar-refractivity contribution in [2.45, 2.75) is 0 Å². The Morgan fingerprint density at radius 3 is 2.71 bits per heavy atom. The Bertz CT molecular complexity index is 92.9. The van der Waals surface area contributed by atoms with Crippen LogP contribution in [0.15, 0.2) is 0 Å². The molecule has 7 heavy (non-hydrogen) atoms. The average molecular weight is 140 g/mol. The molecule has 5 heteroatoms. The predicted molar refractivity (Wildman–Crippen MR) is 27.1 cm³/mol. The van der Waals surface area contributed by atoms with Crippen LogP contribution in [0, 0.1) is 0 Å². The van der Waals surface area contributed by atoms with E-state index in [0.29, 0.717) is 0 Å². The molecule has 0 radical (unpaired) electrons. The van der Waals surface area contributed by atoms with E-state index >= 15 is 0 Å². The molecule has 0 aromatic heterocycles. The second-order valence-corrected chi connectivity index (χ2v) is 4.00. The summed E-state index contributed by atoms with van der Waals surface area (Å²) in [6.45, 7) is 0. The summed E-state index contributed by atoms with van der Waals surface area (Å²) in [5.74, 6) is 0.145. The molecule has 0 N–H and O–H groups in total. The van der Waals surface area contributed by atoms with Crippen LogP contribution in [0.25, 0.3) is 0 Å². The first-order valence-electron chi connectivity index (χ1n) is 1.65. The Labute approximate surface area is 46.9 Å². The van der Waals surface area contributed by atoms with Crippen LogP contribution in [0.1, 0.15) is 0 Å². The molecular formula is C2H4O3S2. The van der Waals surface area contributed by atoms with E-state index in [1.54, 1.807) is 0 Å². The van der Waals surface area contributed by atoms with Crippen LogP contribution >= 0.6 is 0 Å². The SMILES string of the molecule is O=S1C[S+]([O-])CO1. The van der Waals surface area contributed by atoms with Gasteiger partial charge < -0.3 is 4.55 Å². The third kappa shape index (κ3) is 1.41. The summed E-state index contributed by atoms with van der Waals surface area (Å²) < 4.78 is 24.8. The molecule has 0 saturated carbocycles. The molecule has 1 rings (SSSR count). The van der Waals surface area contributed by atoms with Crippen molar-refractivity contribution in [1.29, 1.82) is 0 Å². The Morgan fingerprint density at radius 1 is 1.86 bits per heavy atom. The quantitative estimate of drug-likeness (QED) is 0.420.